The summed E-state index contributed by atoms with van der Waals surface area (Å²) in [6.07, 6.45) is 2.26. The highest BCUT2D eigenvalue weighted by Crippen LogP contribution is 2.35. The van der Waals surface area contributed by atoms with Crippen molar-refractivity contribution in [3.63, 3.8) is 0 Å². The van der Waals surface area contributed by atoms with Gasteiger partial charge in [-0.25, -0.2) is 13.1 Å². The molecular formula is C21H21Cl3N2O2S. The second kappa shape index (κ2) is 9.11. The van der Waals surface area contributed by atoms with Crippen molar-refractivity contribution in [2.75, 3.05) is 18.0 Å². The maximum Gasteiger partial charge on any atom is 0.240 e. The minimum absolute atomic E-state index is 0.0802. The van der Waals surface area contributed by atoms with E-state index in [1.807, 2.05) is 18.2 Å². The topological polar surface area (TPSA) is 49.4 Å². The molecule has 1 aliphatic rings. The highest BCUT2D eigenvalue weighted by atomic mass is 35.5. The van der Waals surface area contributed by atoms with Crippen LogP contribution < -0.4 is 9.62 Å². The molecule has 29 heavy (non-hydrogen) atoms. The van der Waals surface area contributed by atoms with Gasteiger partial charge in [-0.3, -0.25) is 0 Å². The Balaban J connectivity index is 1.69. The number of sulfonamides is 1. The van der Waals surface area contributed by atoms with Crippen LogP contribution in [-0.4, -0.2) is 21.5 Å². The van der Waals surface area contributed by atoms with E-state index in [1.165, 1.54) is 23.8 Å². The van der Waals surface area contributed by atoms with Crippen LogP contribution >= 0.6 is 34.8 Å². The number of nitrogens with one attached hydrogen (secondary N) is 1. The third kappa shape index (κ3) is 5.16. The summed E-state index contributed by atoms with van der Waals surface area (Å²) in [7, 11) is -3.67. The minimum atomic E-state index is -3.67. The average molecular weight is 472 g/mol. The fourth-order valence-corrected chi connectivity index (χ4v) is 4.82. The van der Waals surface area contributed by atoms with E-state index in [0.29, 0.717) is 23.0 Å². The SMILES string of the molecule is C=C1CCc2ccc(Cl)cc2N(CCCNS(=O)(=O)c2ccc(Cl)c(Cl)c2)C1=C. The van der Waals surface area contributed by atoms with E-state index < -0.39 is 10.0 Å². The van der Waals surface area contributed by atoms with Crippen LogP contribution in [0, 0.1) is 0 Å². The third-order valence-corrected chi connectivity index (χ3v) is 7.25. The Labute approximate surface area is 186 Å². The number of nitrogens with zero attached hydrogens (tertiary/aromatic N) is 1. The van der Waals surface area contributed by atoms with Gasteiger partial charge in [-0.05, 0) is 60.7 Å². The summed E-state index contributed by atoms with van der Waals surface area (Å²) in [6.45, 7) is 9.14. The highest BCUT2D eigenvalue weighted by molar-refractivity contribution is 7.89. The first kappa shape index (κ1) is 22.2. The lowest BCUT2D eigenvalue weighted by molar-refractivity contribution is 0.579. The molecule has 2 aromatic carbocycles. The molecule has 1 heterocycles. The molecule has 154 valence electrons. The van der Waals surface area contributed by atoms with Crippen LogP contribution in [0.15, 0.2) is 65.7 Å². The lowest BCUT2D eigenvalue weighted by Crippen LogP contribution is -2.30. The minimum Gasteiger partial charge on any atom is -0.341 e. The lowest BCUT2D eigenvalue weighted by Gasteiger charge is -2.27. The molecule has 0 fully saturated rings. The molecule has 3 rings (SSSR count). The van der Waals surface area contributed by atoms with Crippen molar-refractivity contribution in [1.82, 2.24) is 4.72 Å². The second-order valence-electron chi connectivity index (χ2n) is 6.80. The number of aryl methyl sites for hydroxylation is 1. The summed E-state index contributed by atoms with van der Waals surface area (Å²) in [5, 5.41) is 1.15. The van der Waals surface area contributed by atoms with E-state index in [-0.39, 0.29) is 16.5 Å². The summed E-state index contributed by atoms with van der Waals surface area (Å²) < 4.78 is 27.6. The van der Waals surface area contributed by atoms with Gasteiger partial charge in [-0.2, -0.15) is 0 Å². The van der Waals surface area contributed by atoms with Crippen LogP contribution in [0.2, 0.25) is 15.1 Å². The molecule has 0 spiro atoms. The Morgan fingerprint density at radius 3 is 2.48 bits per heavy atom. The quantitative estimate of drug-likeness (QED) is 0.539. The first-order valence-electron chi connectivity index (χ1n) is 9.07. The number of hydrogen-bond donors (Lipinski definition) is 1. The zero-order chi connectivity index (χ0) is 21.2. The highest BCUT2D eigenvalue weighted by Gasteiger charge is 2.21. The molecule has 0 saturated heterocycles. The van der Waals surface area contributed by atoms with E-state index >= 15 is 0 Å². The summed E-state index contributed by atoms with van der Waals surface area (Å²) in [6, 6.07) is 10.0. The summed E-state index contributed by atoms with van der Waals surface area (Å²) in [4.78, 5) is 2.14. The Kier molecular flexibility index (Phi) is 6.97. The standard InChI is InChI=1S/C21H21Cl3N2O2S/c1-14-4-5-16-6-7-17(22)12-21(16)26(15(14)2)11-3-10-25-29(27,28)18-8-9-19(23)20(24)13-18/h6-9,12-13,25H,1-5,10-11H2. The molecule has 0 saturated carbocycles. The molecule has 0 radical (unpaired) electrons. The maximum atomic E-state index is 12.5. The summed E-state index contributed by atoms with van der Waals surface area (Å²) >= 11 is 18.0. The average Bonchev–Trinajstić information content (AvgIpc) is 2.78. The number of fused-ring (bicyclic) bond motifs is 1. The molecule has 0 aromatic heterocycles. The lowest BCUT2D eigenvalue weighted by atomic mass is 10.1. The fourth-order valence-electron chi connectivity index (χ4n) is 3.19. The largest absolute Gasteiger partial charge is 0.341 e. The van der Waals surface area contributed by atoms with Crippen LogP contribution in [0.5, 0.6) is 0 Å². The maximum absolute atomic E-state index is 12.5. The smallest absolute Gasteiger partial charge is 0.240 e. The van der Waals surface area contributed by atoms with E-state index in [4.69, 9.17) is 34.8 Å². The van der Waals surface area contributed by atoms with E-state index in [2.05, 4.69) is 22.8 Å². The van der Waals surface area contributed by atoms with Crippen LogP contribution in [0.1, 0.15) is 18.4 Å². The van der Waals surface area contributed by atoms with Gasteiger partial charge in [-0.1, -0.05) is 54.0 Å². The second-order valence-corrected chi connectivity index (χ2v) is 9.82. The number of allylic oxidation sites excluding steroid dienone is 1. The van der Waals surface area contributed by atoms with Crippen molar-refractivity contribution >= 4 is 50.5 Å². The molecule has 0 aliphatic carbocycles. The zero-order valence-electron chi connectivity index (χ0n) is 15.7. The zero-order valence-corrected chi connectivity index (χ0v) is 18.8. The number of benzene rings is 2. The predicted octanol–water partition coefficient (Wildman–Crippen LogP) is 5.84. The number of rotatable bonds is 6. The van der Waals surface area contributed by atoms with Crippen molar-refractivity contribution in [2.24, 2.45) is 0 Å². The van der Waals surface area contributed by atoms with Gasteiger partial charge in [0.05, 0.1) is 14.9 Å². The molecule has 4 nitrogen and oxygen atoms in total. The molecule has 1 N–H and O–H groups in total. The fraction of sp³-hybridized carbons (Fsp3) is 0.238. The number of anilines is 1. The molecule has 0 bridgehead atoms. The molecule has 0 atom stereocenters. The van der Waals surface area contributed by atoms with Gasteiger partial charge in [0.2, 0.25) is 10.0 Å². The van der Waals surface area contributed by atoms with Crippen LogP contribution in [0.3, 0.4) is 0 Å². The molecular weight excluding hydrogens is 451 g/mol. The predicted molar refractivity (Wildman–Crippen MR) is 122 cm³/mol. The van der Waals surface area contributed by atoms with Crippen molar-refractivity contribution < 1.29 is 8.42 Å². The van der Waals surface area contributed by atoms with Crippen molar-refractivity contribution in [3.05, 3.63) is 81.5 Å². The number of hydrogen-bond acceptors (Lipinski definition) is 3. The van der Waals surface area contributed by atoms with Gasteiger partial charge in [0, 0.05) is 29.5 Å². The van der Waals surface area contributed by atoms with Gasteiger partial charge < -0.3 is 4.90 Å². The Hall–Kier alpha value is -1.50. The van der Waals surface area contributed by atoms with Gasteiger partial charge in [0.1, 0.15) is 0 Å². The summed E-state index contributed by atoms with van der Waals surface area (Å²) in [5.41, 5.74) is 3.96. The first-order valence-corrected chi connectivity index (χ1v) is 11.7. The molecule has 8 heteroatoms. The molecule has 1 aliphatic heterocycles. The Morgan fingerprint density at radius 2 is 1.76 bits per heavy atom. The van der Waals surface area contributed by atoms with Crippen LogP contribution in [-0.2, 0) is 16.4 Å². The van der Waals surface area contributed by atoms with Gasteiger partial charge in [0.25, 0.3) is 0 Å². The van der Waals surface area contributed by atoms with Crippen molar-refractivity contribution in [2.45, 2.75) is 24.2 Å². The Bertz CT molecular complexity index is 1070. The van der Waals surface area contributed by atoms with Gasteiger partial charge in [0.15, 0.2) is 0 Å². The monoisotopic (exact) mass is 470 g/mol. The van der Waals surface area contributed by atoms with E-state index in [0.717, 1.165) is 29.8 Å². The van der Waals surface area contributed by atoms with Crippen molar-refractivity contribution in [3.8, 4) is 0 Å². The van der Waals surface area contributed by atoms with Crippen molar-refractivity contribution in [1.29, 1.82) is 0 Å². The number of halogens is 3. The van der Waals surface area contributed by atoms with Gasteiger partial charge >= 0.3 is 0 Å². The molecule has 0 unspecified atom stereocenters. The van der Waals surface area contributed by atoms with E-state index in [9.17, 15) is 8.42 Å². The van der Waals surface area contributed by atoms with Crippen LogP contribution in [0.25, 0.3) is 0 Å². The normalized spacial score (nSPS) is 14.7. The Morgan fingerprint density at radius 1 is 1.00 bits per heavy atom. The first-order chi connectivity index (χ1) is 13.7. The van der Waals surface area contributed by atoms with E-state index in [1.54, 1.807) is 0 Å². The summed E-state index contributed by atoms with van der Waals surface area (Å²) in [5.74, 6) is 0. The molecule has 2 aromatic rings. The van der Waals surface area contributed by atoms with Gasteiger partial charge in [-0.15, -0.1) is 0 Å². The van der Waals surface area contributed by atoms with Crippen LogP contribution in [0.4, 0.5) is 5.69 Å². The third-order valence-electron chi connectivity index (χ3n) is 4.82. The molecule has 0 amide bonds.